The lowest BCUT2D eigenvalue weighted by atomic mass is 9.93. The fraction of sp³-hybridized carbons (Fsp3) is 0. The van der Waals surface area contributed by atoms with Crippen molar-refractivity contribution in [3.8, 4) is 0 Å². The van der Waals surface area contributed by atoms with Gasteiger partial charge in [0.2, 0.25) is 5.88 Å². The third-order valence-corrected chi connectivity index (χ3v) is 5.49. The minimum Gasteiger partial charge on any atom is -0.448 e. The fourth-order valence-corrected chi connectivity index (χ4v) is 4.27. The van der Waals surface area contributed by atoms with Gasteiger partial charge in [-0.05, 0) is 51.2 Å². The largest absolute Gasteiger partial charge is 0.448 e. The van der Waals surface area contributed by atoms with Gasteiger partial charge in [0.15, 0.2) is 0 Å². The SMILES string of the molecule is c1ccc(N(c2ccco2)c2ccc3ccc4cccc5ccc2c3c45)cc1. The summed E-state index contributed by atoms with van der Waals surface area (Å²) in [6.45, 7) is 0. The van der Waals surface area contributed by atoms with E-state index in [9.17, 15) is 0 Å². The van der Waals surface area contributed by atoms with Crippen molar-refractivity contribution in [2.75, 3.05) is 4.90 Å². The number of nitrogens with zero attached hydrogens (tertiary/aromatic N) is 1. The lowest BCUT2D eigenvalue weighted by molar-refractivity contribution is 0.574. The highest BCUT2D eigenvalue weighted by molar-refractivity contribution is 6.25. The van der Waals surface area contributed by atoms with Gasteiger partial charge in [0, 0.05) is 17.1 Å². The van der Waals surface area contributed by atoms with Crippen molar-refractivity contribution in [1.82, 2.24) is 0 Å². The fourth-order valence-electron chi connectivity index (χ4n) is 4.27. The summed E-state index contributed by atoms with van der Waals surface area (Å²) in [7, 11) is 0. The predicted octanol–water partition coefficient (Wildman–Crippen LogP) is 7.65. The Hall–Kier alpha value is -3.78. The van der Waals surface area contributed by atoms with Crippen molar-refractivity contribution in [3.05, 3.63) is 103 Å². The molecule has 0 saturated carbocycles. The van der Waals surface area contributed by atoms with Gasteiger partial charge >= 0.3 is 0 Å². The van der Waals surface area contributed by atoms with Crippen LogP contribution in [0.4, 0.5) is 17.3 Å². The molecule has 132 valence electrons. The van der Waals surface area contributed by atoms with Gasteiger partial charge in [-0.3, -0.25) is 4.90 Å². The van der Waals surface area contributed by atoms with Gasteiger partial charge in [0.25, 0.3) is 0 Å². The van der Waals surface area contributed by atoms with Crippen molar-refractivity contribution < 1.29 is 4.42 Å². The molecule has 1 aromatic heterocycles. The summed E-state index contributed by atoms with van der Waals surface area (Å²) in [6, 6.07) is 34.1. The molecule has 6 aromatic rings. The maximum absolute atomic E-state index is 5.82. The molecule has 0 unspecified atom stereocenters. The summed E-state index contributed by atoms with van der Waals surface area (Å²) in [5, 5.41) is 7.67. The van der Waals surface area contributed by atoms with Gasteiger partial charge in [0.05, 0.1) is 12.0 Å². The van der Waals surface area contributed by atoms with Crippen LogP contribution >= 0.6 is 0 Å². The lowest BCUT2D eigenvalue weighted by Gasteiger charge is -2.25. The van der Waals surface area contributed by atoms with Gasteiger partial charge in [0.1, 0.15) is 0 Å². The minimum atomic E-state index is 0.807. The number of hydrogen-bond donors (Lipinski definition) is 0. The average Bonchev–Trinajstić information content (AvgIpc) is 3.28. The van der Waals surface area contributed by atoms with Crippen LogP contribution in [-0.2, 0) is 0 Å². The molecule has 0 fully saturated rings. The average molecular weight is 359 g/mol. The molecule has 0 bridgehead atoms. The Bertz CT molecular complexity index is 1390. The molecule has 0 N–H and O–H groups in total. The first-order valence-corrected chi connectivity index (χ1v) is 9.45. The van der Waals surface area contributed by atoms with Crippen LogP contribution in [0.25, 0.3) is 32.3 Å². The standard InChI is InChI=1S/C26H17NO/c1-2-8-21(9-3-1)27(24-10-5-17-28-24)23-16-14-20-12-11-18-6-4-7-19-13-15-22(23)26(20)25(18)19/h1-17H. The predicted molar refractivity (Wildman–Crippen MR) is 117 cm³/mol. The molecule has 0 aliphatic heterocycles. The summed E-state index contributed by atoms with van der Waals surface area (Å²) in [4.78, 5) is 2.19. The molecule has 6 rings (SSSR count). The van der Waals surface area contributed by atoms with Gasteiger partial charge in [-0.1, -0.05) is 66.7 Å². The van der Waals surface area contributed by atoms with Crippen molar-refractivity contribution in [2.24, 2.45) is 0 Å². The molecule has 0 spiro atoms. The Morgan fingerprint density at radius 3 is 2.00 bits per heavy atom. The lowest BCUT2D eigenvalue weighted by Crippen LogP contribution is -2.09. The quantitative estimate of drug-likeness (QED) is 0.302. The smallest absolute Gasteiger partial charge is 0.204 e. The monoisotopic (exact) mass is 359 g/mol. The zero-order valence-electron chi connectivity index (χ0n) is 15.2. The molecule has 0 amide bonds. The Labute approximate surface area is 162 Å². The second-order valence-corrected chi connectivity index (χ2v) is 7.06. The summed E-state index contributed by atoms with van der Waals surface area (Å²) < 4.78 is 5.82. The minimum absolute atomic E-state index is 0.807. The first-order valence-electron chi connectivity index (χ1n) is 9.45. The second kappa shape index (κ2) is 5.86. The van der Waals surface area contributed by atoms with E-state index in [4.69, 9.17) is 4.42 Å². The Morgan fingerprint density at radius 1 is 0.536 bits per heavy atom. The maximum atomic E-state index is 5.82. The van der Waals surface area contributed by atoms with E-state index in [1.807, 2.05) is 18.2 Å². The van der Waals surface area contributed by atoms with Gasteiger partial charge in [-0.2, -0.15) is 0 Å². The number of hydrogen-bond acceptors (Lipinski definition) is 2. The first kappa shape index (κ1) is 15.3. The Kier molecular flexibility index (Phi) is 3.20. The van der Waals surface area contributed by atoms with Crippen LogP contribution < -0.4 is 4.90 Å². The Morgan fingerprint density at radius 2 is 1.25 bits per heavy atom. The molecule has 1 heterocycles. The van der Waals surface area contributed by atoms with Crippen LogP contribution in [0.3, 0.4) is 0 Å². The van der Waals surface area contributed by atoms with Crippen molar-refractivity contribution in [2.45, 2.75) is 0 Å². The molecule has 0 radical (unpaired) electrons. The molecule has 2 nitrogen and oxygen atoms in total. The molecular weight excluding hydrogens is 342 g/mol. The molecule has 0 atom stereocenters. The van der Waals surface area contributed by atoms with Gasteiger partial charge in [-0.25, -0.2) is 0 Å². The van der Waals surface area contributed by atoms with Crippen LogP contribution in [0, 0.1) is 0 Å². The normalized spacial score (nSPS) is 11.6. The van der Waals surface area contributed by atoms with Crippen LogP contribution in [-0.4, -0.2) is 0 Å². The summed E-state index contributed by atoms with van der Waals surface area (Å²) in [5.74, 6) is 0.807. The molecule has 0 saturated heterocycles. The third-order valence-electron chi connectivity index (χ3n) is 5.49. The van der Waals surface area contributed by atoms with Gasteiger partial charge < -0.3 is 4.42 Å². The van der Waals surface area contributed by atoms with E-state index in [1.165, 1.54) is 32.3 Å². The van der Waals surface area contributed by atoms with Crippen LogP contribution in [0.5, 0.6) is 0 Å². The molecule has 2 heteroatoms. The summed E-state index contributed by atoms with van der Waals surface area (Å²) >= 11 is 0. The zero-order chi connectivity index (χ0) is 18.5. The third kappa shape index (κ3) is 2.15. The number of rotatable bonds is 3. The number of benzene rings is 5. The zero-order valence-corrected chi connectivity index (χ0v) is 15.2. The topological polar surface area (TPSA) is 16.4 Å². The summed E-state index contributed by atoms with van der Waals surface area (Å²) in [6.07, 6.45) is 1.72. The Balaban J connectivity index is 1.73. The molecular formula is C26H17NO. The van der Waals surface area contributed by atoms with Crippen LogP contribution in [0.1, 0.15) is 0 Å². The summed E-state index contributed by atoms with van der Waals surface area (Å²) in [5.41, 5.74) is 2.19. The van der Waals surface area contributed by atoms with E-state index in [1.54, 1.807) is 6.26 Å². The molecule has 28 heavy (non-hydrogen) atoms. The number of para-hydroxylation sites is 1. The van der Waals surface area contributed by atoms with Crippen LogP contribution in [0.15, 0.2) is 108 Å². The van der Waals surface area contributed by atoms with Crippen molar-refractivity contribution >= 4 is 49.6 Å². The van der Waals surface area contributed by atoms with Gasteiger partial charge in [-0.15, -0.1) is 0 Å². The number of anilines is 3. The van der Waals surface area contributed by atoms with E-state index >= 15 is 0 Å². The van der Waals surface area contributed by atoms with Crippen LogP contribution in [0.2, 0.25) is 0 Å². The number of furan rings is 1. The van der Waals surface area contributed by atoms with Crippen molar-refractivity contribution in [1.29, 1.82) is 0 Å². The van der Waals surface area contributed by atoms with E-state index in [-0.39, 0.29) is 0 Å². The van der Waals surface area contributed by atoms with E-state index in [0.717, 1.165) is 17.3 Å². The van der Waals surface area contributed by atoms with E-state index in [0.29, 0.717) is 0 Å². The first-order chi connectivity index (χ1) is 13.9. The van der Waals surface area contributed by atoms with E-state index in [2.05, 4.69) is 83.8 Å². The maximum Gasteiger partial charge on any atom is 0.204 e. The molecule has 0 aliphatic carbocycles. The second-order valence-electron chi connectivity index (χ2n) is 7.06. The highest BCUT2D eigenvalue weighted by Gasteiger charge is 2.19. The van der Waals surface area contributed by atoms with E-state index < -0.39 is 0 Å². The highest BCUT2D eigenvalue weighted by Crippen LogP contribution is 2.43. The molecule has 5 aromatic carbocycles. The van der Waals surface area contributed by atoms with Crippen molar-refractivity contribution in [3.63, 3.8) is 0 Å². The highest BCUT2D eigenvalue weighted by atomic mass is 16.3. The molecule has 0 aliphatic rings.